The fourth-order valence-electron chi connectivity index (χ4n) is 3.37. The van der Waals surface area contributed by atoms with Gasteiger partial charge in [-0.25, -0.2) is 9.97 Å². The molecular weight excluding hydrogens is 351 g/mol. The number of thioether (sulfide) groups is 1. The molecule has 1 aromatic heterocycles. The fraction of sp³-hybridized carbons (Fsp3) is 0.706. The molecule has 2 rings (SSSR count). The summed E-state index contributed by atoms with van der Waals surface area (Å²) >= 11 is 1.45. The zero-order valence-electron chi connectivity index (χ0n) is 14.7. The van der Waals surface area contributed by atoms with Crippen molar-refractivity contribution in [2.24, 2.45) is 5.92 Å². The first-order valence-corrected chi connectivity index (χ1v) is 9.69. The Balaban J connectivity index is 1.96. The smallest absolute Gasteiger partial charge is 0.353 e. The molecule has 2 unspecified atom stereocenters. The number of hydrogen-bond acceptors (Lipinski definition) is 4. The third-order valence-electron chi connectivity index (χ3n) is 4.72. The number of rotatable bonds is 5. The summed E-state index contributed by atoms with van der Waals surface area (Å²) in [5, 5.41) is 3.28. The highest BCUT2D eigenvalue weighted by Gasteiger charge is 2.45. The molecule has 1 amide bonds. The molecule has 1 heterocycles. The van der Waals surface area contributed by atoms with E-state index in [-0.39, 0.29) is 18.7 Å². The molecule has 1 N–H and O–H groups in total. The van der Waals surface area contributed by atoms with Gasteiger partial charge in [-0.1, -0.05) is 24.6 Å². The molecule has 1 saturated carbocycles. The molecule has 140 valence electrons. The third kappa shape index (κ3) is 5.33. The average molecular weight is 375 g/mol. The normalized spacial score (nSPS) is 21.2. The number of carbonyl (C=O) groups excluding carboxylic acids is 1. The lowest BCUT2D eigenvalue weighted by Gasteiger charge is -2.33. The minimum absolute atomic E-state index is 0.0939. The standard InChI is InChI=1S/C17H24F3N3OS/c1-10-12(11(2)22-16(21-10)25-3)8-9-15(24)23-14-7-5-4-6-13(14)17(18,19)20/h13-14H,4-9H2,1-3H3,(H,23,24). The molecule has 1 aliphatic carbocycles. The van der Waals surface area contributed by atoms with Crippen molar-refractivity contribution in [1.82, 2.24) is 15.3 Å². The highest BCUT2D eigenvalue weighted by Crippen LogP contribution is 2.37. The number of carbonyl (C=O) groups is 1. The Bertz CT molecular complexity index is 599. The Morgan fingerprint density at radius 1 is 1.20 bits per heavy atom. The number of alkyl halides is 3. The van der Waals surface area contributed by atoms with E-state index in [1.165, 1.54) is 11.8 Å². The molecule has 2 atom stereocenters. The van der Waals surface area contributed by atoms with E-state index in [0.717, 1.165) is 23.4 Å². The summed E-state index contributed by atoms with van der Waals surface area (Å²) < 4.78 is 39.3. The number of nitrogens with zero attached hydrogens (tertiary/aromatic N) is 2. The molecule has 0 radical (unpaired) electrons. The number of hydrogen-bond donors (Lipinski definition) is 1. The Kier molecular flexibility index (Phi) is 6.71. The van der Waals surface area contributed by atoms with Crippen molar-refractivity contribution in [3.05, 3.63) is 17.0 Å². The Morgan fingerprint density at radius 2 is 1.80 bits per heavy atom. The van der Waals surface area contributed by atoms with Gasteiger partial charge in [-0.15, -0.1) is 0 Å². The molecule has 0 aromatic carbocycles. The maximum Gasteiger partial charge on any atom is 0.393 e. The van der Waals surface area contributed by atoms with Gasteiger partial charge in [-0.3, -0.25) is 4.79 Å². The van der Waals surface area contributed by atoms with Crippen LogP contribution >= 0.6 is 11.8 Å². The van der Waals surface area contributed by atoms with Crippen molar-refractivity contribution in [1.29, 1.82) is 0 Å². The molecule has 1 aromatic rings. The first-order valence-electron chi connectivity index (χ1n) is 8.46. The summed E-state index contributed by atoms with van der Waals surface area (Å²) in [7, 11) is 0. The Labute approximate surface area is 150 Å². The van der Waals surface area contributed by atoms with Crippen LogP contribution in [0.15, 0.2) is 5.16 Å². The van der Waals surface area contributed by atoms with Crippen molar-refractivity contribution < 1.29 is 18.0 Å². The van der Waals surface area contributed by atoms with Crippen LogP contribution < -0.4 is 5.32 Å². The summed E-state index contributed by atoms with van der Waals surface area (Å²) in [6, 6.07) is -0.807. The van der Waals surface area contributed by atoms with Gasteiger partial charge in [0.05, 0.1) is 5.92 Å². The minimum Gasteiger partial charge on any atom is -0.353 e. The summed E-state index contributed by atoms with van der Waals surface area (Å²) in [6.45, 7) is 3.73. The molecular formula is C17H24F3N3OS. The van der Waals surface area contributed by atoms with E-state index in [4.69, 9.17) is 0 Å². The van der Waals surface area contributed by atoms with Crippen LogP contribution in [0.2, 0.25) is 0 Å². The van der Waals surface area contributed by atoms with E-state index in [2.05, 4.69) is 15.3 Å². The number of nitrogens with one attached hydrogen (secondary N) is 1. The van der Waals surface area contributed by atoms with E-state index in [0.29, 0.717) is 24.4 Å². The number of aryl methyl sites for hydroxylation is 2. The summed E-state index contributed by atoms with van der Waals surface area (Å²) in [6.07, 6.45) is -0.0220. The van der Waals surface area contributed by atoms with Gasteiger partial charge in [-0.05, 0) is 44.9 Å². The van der Waals surface area contributed by atoms with Crippen LogP contribution in [-0.2, 0) is 11.2 Å². The van der Waals surface area contributed by atoms with Crippen molar-refractivity contribution in [3.8, 4) is 0 Å². The molecule has 4 nitrogen and oxygen atoms in total. The molecule has 25 heavy (non-hydrogen) atoms. The SMILES string of the molecule is CSc1nc(C)c(CCC(=O)NC2CCCCC2C(F)(F)F)c(C)n1. The Morgan fingerprint density at radius 3 is 2.36 bits per heavy atom. The predicted molar refractivity (Wildman–Crippen MR) is 91.6 cm³/mol. The van der Waals surface area contributed by atoms with Crippen LogP contribution in [0.4, 0.5) is 13.2 Å². The van der Waals surface area contributed by atoms with Crippen LogP contribution in [-0.4, -0.2) is 34.3 Å². The zero-order valence-corrected chi connectivity index (χ0v) is 15.6. The van der Waals surface area contributed by atoms with E-state index in [1.54, 1.807) is 0 Å². The van der Waals surface area contributed by atoms with E-state index in [1.807, 2.05) is 20.1 Å². The Hall–Kier alpha value is -1.31. The van der Waals surface area contributed by atoms with Crippen molar-refractivity contribution >= 4 is 17.7 Å². The number of amides is 1. The lowest BCUT2D eigenvalue weighted by molar-refractivity contribution is -0.189. The number of aromatic nitrogens is 2. The van der Waals surface area contributed by atoms with E-state index < -0.39 is 18.1 Å². The van der Waals surface area contributed by atoms with Gasteiger partial charge in [0.15, 0.2) is 5.16 Å². The summed E-state index contributed by atoms with van der Waals surface area (Å²) in [5.41, 5.74) is 2.52. The first-order chi connectivity index (χ1) is 11.7. The van der Waals surface area contributed by atoms with E-state index >= 15 is 0 Å². The summed E-state index contributed by atoms with van der Waals surface area (Å²) in [4.78, 5) is 20.9. The van der Waals surface area contributed by atoms with Crippen LogP contribution in [0.1, 0.15) is 49.1 Å². The van der Waals surface area contributed by atoms with Gasteiger partial charge in [0.2, 0.25) is 5.91 Å². The lowest BCUT2D eigenvalue weighted by atomic mass is 9.84. The first kappa shape index (κ1) is 20.0. The fourth-order valence-corrected chi connectivity index (χ4v) is 3.83. The second kappa shape index (κ2) is 8.38. The van der Waals surface area contributed by atoms with Crippen LogP contribution in [0, 0.1) is 19.8 Å². The maximum atomic E-state index is 13.1. The van der Waals surface area contributed by atoms with E-state index in [9.17, 15) is 18.0 Å². The quantitative estimate of drug-likeness (QED) is 0.625. The average Bonchev–Trinajstić information content (AvgIpc) is 2.53. The van der Waals surface area contributed by atoms with Crippen LogP contribution in [0.25, 0.3) is 0 Å². The molecule has 0 bridgehead atoms. The molecule has 8 heteroatoms. The molecule has 1 fully saturated rings. The second-order valence-corrected chi connectivity index (χ2v) is 7.24. The summed E-state index contributed by atoms with van der Waals surface area (Å²) in [5.74, 6) is -1.77. The molecule has 1 aliphatic rings. The third-order valence-corrected chi connectivity index (χ3v) is 5.27. The monoisotopic (exact) mass is 375 g/mol. The van der Waals surface area contributed by atoms with Gasteiger partial charge >= 0.3 is 6.18 Å². The maximum absolute atomic E-state index is 13.1. The topological polar surface area (TPSA) is 54.9 Å². The molecule has 0 aliphatic heterocycles. The number of halogens is 3. The zero-order chi connectivity index (χ0) is 18.6. The van der Waals surface area contributed by atoms with Gasteiger partial charge in [-0.2, -0.15) is 13.2 Å². The second-order valence-electron chi connectivity index (χ2n) is 6.47. The van der Waals surface area contributed by atoms with Gasteiger partial charge in [0.1, 0.15) is 0 Å². The highest BCUT2D eigenvalue weighted by molar-refractivity contribution is 7.98. The van der Waals surface area contributed by atoms with Gasteiger partial charge < -0.3 is 5.32 Å². The van der Waals surface area contributed by atoms with Crippen LogP contribution in [0.3, 0.4) is 0 Å². The van der Waals surface area contributed by atoms with Crippen molar-refractivity contribution in [2.75, 3.05) is 6.26 Å². The molecule has 0 saturated heterocycles. The van der Waals surface area contributed by atoms with Gasteiger partial charge in [0, 0.05) is 23.9 Å². The minimum atomic E-state index is -4.26. The highest BCUT2D eigenvalue weighted by atomic mass is 32.2. The lowest BCUT2D eigenvalue weighted by Crippen LogP contribution is -2.47. The predicted octanol–water partition coefficient (Wildman–Crippen LogP) is 3.99. The van der Waals surface area contributed by atoms with Crippen molar-refractivity contribution in [3.63, 3.8) is 0 Å². The van der Waals surface area contributed by atoms with Crippen LogP contribution in [0.5, 0.6) is 0 Å². The van der Waals surface area contributed by atoms with Crippen molar-refractivity contribution in [2.45, 2.75) is 69.7 Å². The molecule has 0 spiro atoms. The largest absolute Gasteiger partial charge is 0.393 e. The van der Waals surface area contributed by atoms with Gasteiger partial charge in [0.25, 0.3) is 0 Å².